The number of aromatic nitrogens is 1. The molecule has 2 saturated carbocycles. The maximum absolute atomic E-state index is 12.1. The van der Waals surface area contributed by atoms with Crippen molar-refractivity contribution in [3.05, 3.63) is 23.9 Å². The lowest BCUT2D eigenvalue weighted by molar-refractivity contribution is -0.255. The molecule has 2 bridgehead atoms. The molecule has 0 unspecified atom stereocenters. The molecule has 2 fully saturated rings. The molecular formula is C17H21N2O3S-. The van der Waals surface area contributed by atoms with E-state index < -0.39 is 5.97 Å². The highest BCUT2D eigenvalue weighted by Gasteiger charge is 2.42. The second-order valence-electron chi connectivity index (χ2n) is 6.63. The molecular weight excluding hydrogens is 312 g/mol. The van der Waals surface area contributed by atoms with E-state index in [-0.39, 0.29) is 23.3 Å². The Kier molecular flexibility index (Phi) is 4.90. The number of nitrogens with one attached hydrogen (secondary N) is 1. The van der Waals surface area contributed by atoms with E-state index in [9.17, 15) is 14.7 Å². The van der Waals surface area contributed by atoms with Gasteiger partial charge in [-0.25, -0.2) is 4.98 Å². The third-order valence-electron chi connectivity index (χ3n) is 5.15. The fourth-order valence-electron chi connectivity index (χ4n) is 4.10. The second-order valence-corrected chi connectivity index (χ2v) is 7.59. The van der Waals surface area contributed by atoms with Crippen molar-refractivity contribution in [2.45, 2.75) is 43.7 Å². The SMILES string of the molecule is C[C@H](NC(=O)CSc1ncccc1C(=O)[O-])[C@@H]1C[C@H]2CC[C@@H]1C2. The Morgan fingerprint density at radius 3 is 2.91 bits per heavy atom. The van der Waals surface area contributed by atoms with Crippen molar-refractivity contribution in [2.75, 3.05) is 5.75 Å². The summed E-state index contributed by atoms with van der Waals surface area (Å²) in [6, 6.07) is 3.18. The molecule has 0 aliphatic heterocycles. The lowest BCUT2D eigenvalue weighted by Crippen LogP contribution is -2.41. The van der Waals surface area contributed by atoms with E-state index in [1.165, 1.54) is 37.9 Å². The van der Waals surface area contributed by atoms with E-state index in [4.69, 9.17) is 0 Å². The quantitative estimate of drug-likeness (QED) is 0.797. The number of hydrogen-bond acceptors (Lipinski definition) is 5. The molecule has 1 amide bonds. The molecule has 0 radical (unpaired) electrons. The van der Waals surface area contributed by atoms with Gasteiger partial charge in [0.05, 0.1) is 11.7 Å². The molecule has 0 aromatic carbocycles. The number of aromatic carboxylic acids is 1. The van der Waals surface area contributed by atoms with Crippen molar-refractivity contribution in [3.8, 4) is 0 Å². The van der Waals surface area contributed by atoms with Gasteiger partial charge < -0.3 is 15.2 Å². The van der Waals surface area contributed by atoms with Crippen molar-refractivity contribution >= 4 is 23.6 Å². The summed E-state index contributed by atoms with van der Waals surface area (Å²) >= 11 is 1.14. The van der Waals surface area contributed by atoms with E-state index >= 15 is 0 Å². The number of hydrogen-bond donors (Lipinski definition) is 1. The van der Waals surface area contributed by atoms with Gasteiger partial charge in [-0.3, -0.25) is 4.79 Å². The Labute approximate surface area is 140 Å². The zero-order valence-corrected chi connectivity index (χ0v) is 14.0. The molecule has 0 spiro atoms. The third kappa shape index (κ3) is 3.68. The highest BCUT2D eigenvalue weighted by atomic mass is 32.2. The highest BCUT2D eigenvalue weighted by molar-refractivity contribution is 8.00. The van der Waals surface area contributed by atoms with Crippen LogP contribution in [-0.4, -0.2) is 28.7 Å². The van der Waals surface area contributed by atoms with Crippen LogP contribution >= 0.6 is 11.8 Å². The Morgan fingerprint density at radius 1 is 1.43 bits per heavy atom. The van der Waals surface area contributed by atoms with Crippen LogP contribution in [0.25, 0.3) is 0 Å². The summed E-state index contributed by atoms with van der Waals surface area (Å²) in [7, 11) is 0. The standard InChI is InChI=1S/C17H22N2O3S/c1-10(14-8-11-4-5-12(14)7-11)19-15(20)9-23-16-13(17(21)22)3-2-6-18-16/h2-3,6,10-12,14H,4-5,7-9H2,1H3,(H,19,20)(H,21,22)/p-1/t10-,11-,12+,14-/m0/s1. The molecule has 1 aromatic rings. The van der Waals surface area contributed by atoms with Crippen LogP contribution in [0.5, 0.6) is 0 Å². The Bertz CT molecular complexity index is 607. The zero-order chi connectivity index (χ0) is 16.4. The number of rotatable bonds is 6. The fourth-order valence-corrected chi connectivity index (χ4v) is 4.90. The summed E-state index contributed by atoms with van der Waals surface area (Å²) < 4.78 is 0. The molecule has 0 saturated heterocycles. The Hall–Kier alpha value is -1.56. The summed E-state index contributed by atoms with van der Waals surface area (Å²) in [4.78, 5) is 27.2. The molecule has 4 atom stereocenters. The van der Waals surface area contributed by atoms with Gasteiger partial charge in [0.1, 0.15) is 5.03 Å². The molecule has 5 nitrogen and oxygen atoms in total. The fraction of sp³-hybridized carbons (Fsp3) is 0.588. The van der Waals surface area contributed by atoms with Crippen LogP contribution in [0.4, 0.5) is 0 Å². The second kappa shape index (κ2) is 6.91. The molecule has 124 valence electrons. The zero-order valence-electron chi connectivity index (χ0n) is 13.2. The summed E-state index contributed by atoms with van der Waals surface area (Å²) in [5.74, 6) is 1.05. The van der Waals surface area contributed by atoms with E-state index in [2.05, 4.69) is 17.2 Å². The minimum absolute atomic E-state index is 0.0338. The number of carbonyl (C=O) groups is 2. The normalized spacial score (nSPS) is 26.9. The highest BCUT2D eigenvalue weighted by Crippen LogP contribution is 2.49. The van der Waals surface area contributed by atoms with E-state index in [0.29, 0.717) is 10.9 Å². The van der Waals surface area contributed by atoms with E-state index in [1.807, 2.05) is 0 Å². The summed E-state index contributed by atoms with van der Waals surface area (Å²) in [5.41, 5.74) is 0.0338. The topological polar surface area (TPSA) is 82.1 Å². The number of carboxylic acid groups (broad SMARTS) is 1. The van der Waals surface area contributed by atoms with E-state index in [1.54, 1.807) is 6.07 Å². The minimum atomic E-state index is -1.27. The summed E-state index contributed by atoms with van der Waals surface area (Å²) in [6.45, 7) is 2.08. The van der Waals surface area contributed by atoms with Crippen LogP contribution in [0.15, 0.2) is 23.4 Å². The average molecular weight is 333 g/mol. The first-order valence-corrected chi connectivity index (χ1v) is 9.11. The van der Waals surface area contributed by atoms with Gasteiger partial charge in [-0.05, 0) is 56.1 Å². The third-order valence-corrected chi connectivity index (χ3v) is 6.16. The maximum atomic E-state index is 12.1. The lowest BCUT2D eigenvalue weighted by atomic mass is 9.84. The van der Waals surface area contributed by atoms with Gasteiger partial charge in [0, 0.05) is 17.8 Å². The maximum Gasteiger partial charge on any atom is 0.230 e. The first kappa shape index (κ1) is 16.3. The molecule has 6 heteroatoms. The lowest BCUT2D eigenvalue weighted by Gasteiger charge is -2.28. The van der Waals surface area contributed by atoms with Crippen LogP contribution in [-0.2, 0) is 4.79 Å². The molecule has 1 N–H and O–H groups in total. The Balaban J connectivity index is 1.51. The molecule has 2 aliphatic carbocycles. The van der Waals surface area contributed by atoms with Crippen LogP contribution in [0.1, 0.15) is 43.0 Å². The van der Waals surface area contributed by atoms with Crippen molar-refractivity contribution in [1.82, 2.24) is 10.3 Å². The minimum Gasteiger partial charge on any atom is -0.545 e. The summed E-state index contributed by atoms with van der Waals surface area (Å²) in [6.07, 6.45) is 6.72. The predicted octanol–water partition coefficient (Wildman–Crippen LogP) is 1.48. The number of thioether (sulfide) groups is 1. The van der Waals surface area contributed by atoms with Gasteiger partial charge in [-0.2, -0.15) is 0 Å². The van der Waals surface area contributed by atoms with Gasteiger partial charge in [0.2, 0.25) is 5.91 Å². The number of pyridine rings is 1. The smallest absolute Gasteiger partial charge is 0.230 e. The van der Waals surface area contributed by atoms with Crippen molar-refractivity contribution < 1.29 is 14.7 Å². The van der Waals surface area contributed by atoms with Gasteiger partial charge in [-0.15, -0.1) is 0 Å². The summed E-state index contributed by atoms with van der Waals surface area (Å²) in [5, 5.41) is 14.4. The number of fused-ring (bicyclic) bond motifs is 2. The largest absolute Gasteiger partial charge is 0.545 e. The number of nitrogens with zero attached hydrogens (tertiary/aromatic N) is 1. The van der Waals surface area contributed by atoms with Crippen molar-refractivity contribution in [2.24, 2.45) is 17.8 Å². The van der Waals surface area contributed by atoms with Crippen molar-refractivity contribution in [1.29, 1.82) is 0 Å². The Morgan fingerprint density at radius 2 is 2.26 bits per heavy atom. The van der Waals surface area contributed by atoms with Gasteiger partial charge in [-0.1, -0.05) is 18.2 Å². The molecule has 1 aromatic heterocycles. The molecule has 1 heterocycles. The van der Waals surface area contributed by atoms with E-state index in [0.717, 1.165) is 23.6 Å². The van der Waals surface area contributed by atoms with Crippen LogP contribution in [0.2, 0.25) is 0 Å². The predicted molar refractivity (Wildman–Crippen MR) is 85.8 cm³/mol. The van der Waals surface area contributed by atoms with Crippen molar-refractivity contribution in [3.63, 3.8) is 0 Å². The van der Waals surface area contributed by atoms with Gasteiger partial charge in [0.15, 0.2) is 0 Å². The van der Waals surface area contributed by atoms with Crippen LogP contribution in [0, 0.1) is 17.8 Å². The first-order chi connectivity index (χ1) is 11.0. The average Bonchev–Trinajstić information content (AvgIpc) is 3.16. The number of carbonyl (C=O) groups excluding carboxylic acids is 2. The van der Waals surface area contributed by atoms with Gasteiger partial charge in [0.25, 0.3) is 0 Å². The molecule has 3 rings (SSSR count). The first-order valence-electron chi connectivity index (χ1n) is 8.13. The monoisotopic (exact) mass is 333 g/mol. The number of amides is 1. The number of carboxylic acids is 1. The van der Waals surface area contributed by atoms with Crippen LogP contribution < -0.4 is 10.4 Å². The van der Waals surface area contributed by atoms with Crippen LogP contribution in [0.3, 0.4) is 0 Å². The molecule has 23 heavy (non-hydrogen) atoms. The van der Waals surface area contributed by atoms with Gasteiger partial charge >= 0.3 is 0 Å². The molecule has 2 aliphatic rings.